The van der Waals surface area contributed by atoms with Crippen molar-refractivity contribution in [1.29, 1.82) is 0 Å². The van der Waals surface area contributed by atoms with Gasteiger partial charge in [-0.1, -0.05) is 47.1 Å². The molecule has 0 saturated carbocycles. The molecule has 126 valence electrons. The molecular formula is C17H11Cl2N3S3. The number of para-hydroxylation sites is 1. The predicted octanol–water partition coefficient (Wildman–Crippen LogP) is 6.82. The summed E-state index contributed by atoms with van der Waals surface area (Å²) in [6.07, 6.45) is 1.78. The number of aromatic nitrogens is 2. The number of halogens is 2. The lowest BCUT2D eigenvalue weighted by Gasteiger charge is -2.10. The fraction of sp³-hybridized carbons (Fsp3) is 0.0588. The molecule has 2 aromatic carbocycles. The van der Waals surface area contributed by atoms with Gasteiger partial charge in [-0.15, -0.1) is 22.7 Å². The van der Waals surface area contributed by atoms with Crippen molar-refractivity contribution in [2.24, 2.45) is 0 Å². The fourth-order valence-corrected chi connectivity index (χ4v) is 5.47. The average Bonchev–Trinajstić information content (AvgIpc) is 3.20. The summed E-state index contributed by atoms with van der Waals surface area (Å²) in [6, 6.07) is 14.0. The first-order chi connectivity index (χ1) is 12.2. The van der Waals surface area contributed by atoms with Crippen LogP contribution in [0.2, 0.25) is 9.49 Å². The Labute approximate surface area is 167 Å². The normalized spacial score (nSPS) is 11.1. The van der Waals surface area contributed by atoms with Crippen molar-refractivity contribution < 1.29 is 0 Å². The lowest BCUT2D eigenvalue weighted by molar-refractivity contribution is 1.15. The van der Waals surface area contributed by atoms with E-state index in [2.05, 4.69) is 21.4 Å². The maximum Gasteiger partial charge on any atom is 0.183 e. The Hall–Kier alpha value is -1.31. The molecule has 0 atom stereocenters. The van der Waals surface area contributed by atoms with Crippen molar-refractivity contribution in [2.75, 3.05) is 5.32 Å². The van der Waals surface area contributed by atoms with E-state index in [1.807, 2.05) is 36.4 Å². The molecule has 8 heteroatoms. The van der Waals surface area contributed by atoms with Crippen molar-refractivity contribution in [1.82, 2.24) is 9.97 Å². The van der Waals surface area contributed by atoms with E-state index >= 15 is 0 Å². The van der Waals surface area contributed by atoms with Gasteiger partial charge in [0.15, 0.2) is 8.81 Å². The summed E-state index contributed by atoms with van der Waals surface area (Å²) >= 11 is 16.9. The standard InChI is InChI=1S/C17H11Cl2N3S3/c18-10-5-6-15(13(7-10)20-8-11-9-21-16(19)23-11)25-17-22-12-3-1-2-4-14(12)24-17/h1-7,9,20H,8H2. The Morgan fingerprint density at radius 2 is 1.96 bits per heavy atom. The number of thiazole rings is 2. The van der Waals surface area contributed by atoms with Crippen LogP contribution in [-0.2, 0) is 6.54 Å². The lowest BCUT2D eigenvalue weighted by Crippen LogP contribution is -1.99. The van der Waals surface area contributed by atoms with Crippen LogP contribution in [0.15, 0.2) is 57.9 Å². The smallest absolute Gasteiger partial charge is 0.183 e. The molecule has 0 aliphatic carbocycles. The van der Waals surface area contributed by atoms with E-state index in [1.54, 1.807) is 29.3 Å². The minimum Gasteiger partial charge on any atom is -0.379 e. The summed E-state index contributed by atoms with van der Waals surface area (Å²) in [5.41, 5.74) is 2.00. The molecule has 0 amide bonds. The van der Waals surface area contributed by atoms with E-state index in [1.165, 1.54) is 16.0 Å². The first kappa shape index (κ1) is 17.1. The third kappa shape index (κ3) is 4.10. The van der Waals surface area contributed by atoms with E-state index in [-0.39, 0.29) is 0 Å². The number of rotatable bonds is 5. The summed E-state index contributed by atoms with van der Waals surface area (Å²) in [5, 5.41) is 4.11. The van der Waals surface area contributed by atoms with Crippen LogP contribution in [0.3, 0.4) is 0 Å². The first-order valence-electron chi connectivity index (χ1n) is 7.34. The average molecular weight is 424 g/mol. The molecule has 2 heterocycles. The highest BCUT2D eigenvalue weighted by Crippen LogP contribution is 2.39. The molecule has 2 aromatic heterocycles. The van der Waals surface area contributed by atoms with Crippen LogP contribution in [0.4, 0.5) is 5.69 Å². The number of hydrogen-bond donors (Lipinski definition) is 1. The van der Waals surface area contributed by atoms with E-state index in [9.17, 15) is 0 Å². The van der Waals surface area contributed by atoms with E-state index in [0.717, 1.165) is 25.3 Å². The first-order valence-corrected chi connectivity index (χ1v) is 10.5. The van der Waals surface area contributed by atoms with Crippen LogP contribution in [0.25, 0.3) is 10.2 Å². The Kier molecular flexibility index (Phi) is 5.15. The molecule has 25 heavy (non-hydrogen) atoms. The third-order valence-corrected chi connectivity index (χ3v) is 6.91. The molecule has 4 aromatic rings. The van der Waals surface area contributed by atoms with Crippen molar-refractivity contribution in [3.05, 3.63) is 63.0 Å². The van der Waals surface area contributed by atoms with Crippen molar-refractivity contribution >= 4 is 73.5 Å². The highest BCUT2D eigenvalue weighted by Gasteiger charge is 2.10. The van der Waals surface area contributed by atoms with Crippen molar-refractivity contribution in [3.63, 3.8) is 0 Å². The highest BCUT2D eigenvalue weighted by molar-refractivity contribution is 8.01. The van der Waals surface area contributed by atoms with Gasteiger partial charge in [-0.25, -0.2) is 9.97 Å². The van der Waals surface area contributed by atoms with Crippen LogP contribution in [0.1, 0.15) is 4.88 Å². The summed E-state index contributed by atoms with van der Waals surface area (Å²) in [5.74, 6) is 0. The van der Waals surface area contributed by atoms with Crippen molar-refractivity contribution in [3.8, 4) is 0 Å². The van der Waals surface area contributed by atoms with Gasteiger partial charge in [-0.2, -0.15) is 0 Å². The van der Waals surface area contributed by atoms with E-state index in [4.69, 9.17) is 23.2 Å². The molecule has 0 aliphatic rings. The Bertz CT molecular complexity index is 996. The summed E-state index contributed by atoms with van der Waals surface area (Å²) in [6.45, 7) is 0.651. The van der Waals surface area contributed by atoms with Gasteiger partial charge in [-0.3, -0.25) is 0 Å². The number of hydrogen-bond acceptors (Lipinski definition) is 6. The molecule has 0 fully saturated rings. The zero-order valence-electron chi connectivity index (χ0n) is 12.7. The minimum atomic E-state index is 0.548. The summed E-state index contributed by atoms with van der Waals surface area (Å²) < 4.78 is 2.74. The number of fused-ring (bicyclic) bond motifs is 1. The molecule has 0 aliphatic heterocycles. The topological polar surface area (TPSA) is 37.8 Å². The molecule has 0 bridgehead atoms. The van der Waals surface area contributed by atoms with Crippen molar-refractivity contribution in [2.45, 2.75) is 15.8 Å². The summed E-state index contributed by atoms with van der Waals surface area (Å²) in [7, 11) is 0. The van der Waals surface area contributed by atoms with E-state index in [0.29, 0.717) is 16.0 Å². The molecule has 0 spiro atoms. The van der Waals surface area contributed by atoms with Crippen LogP contribution in [0.5, 0.6) is 0 Å². The van der Waals surface area contributed by atoms with Gasteiger partial charge in [0.05, 0.1) is 22.4 Å². The minimum absolute atomic E-state index is 0.548. The van der Waals surface area contributed by atoms with Gasteiger partial charge in [0.1, 0.15) is 0 Å². The van der Waals surface area contributed by atoms with Crippen LogP contribution in [0, 0.1) is 0 Å². The van der Waals surface area contributed by atoms with Gasteiger partial charge in [0, 0.05) is 21.0 Å². The second-order valence-electron chi connectivity index (χ2n) is 5.12. The molecule has 0 radical (unpaired) electrons. The zero-order valence-corrected chi connectivity index (χ0v) is 16.7. The summed E-state index contributed by atoms with van der Waals surface area (Å²) in [4.78, 5) is 10.9. The number of nitrogens with zero attached hydrogens (tertiary/aromatic N) is 2. The van der Waals surface area contributed by atoms with Crippen LogP contribution >= 0.6 is 57.6 Å². The molecule has 0 unspecified atom stereocenters. The Balaban J connectivity index is 1.58. The Morgan fingerprint density at radius 1 is 1.08 bits per heavy atom. The number of benzene rings is 2. The second-order valence-corrected chi connectivity index (χ2v) is 9.58. The maximum atomic E-state index is 6.18. The molecule has 3 nitrogen and oxygen atoms in total. The highest BCUT2D eigenvalue weighted by atomic mass is 35.5. The molecular weight excluding hydrogens is 413 g/mol. The maximum absolute atomic E-state index is 6.18. The molecule has 0 saturated heterocycles. The number of anilines is 1. The van der Waals surface area contributed by atoms with E-state index < -0.39 is 0 Å². The Morgan fingerprint density at radius 3 is 2.76 bits per heavy atom. The fourth-order valence-electron chi connectivity index (χ4n) is 2.27. The zero-order chi connectivity index (χ0) is 17.2. The quantitative estimate of drug-likeness (QED) is 0.381. The third-order valence-electron chi connectivity index (χ3n) is 3.39. The van der Waals surface area contributed by atoms with Crippen LogP contribution in [-0.4, -0.2) is 9.97 Å². The molecule has 1 N–H and O–H groups in total. The molecule has 4 rings (SSSR count). The SMILES string of the molecule is Clc1ccc(Sc2nc3ccccc3s2)c(NCc2cnc(Cl)s2)c1. The van der Waals surface area contributed by atoms with Gasteiger partial charge in [-0.05, 0) is 30.3 Å². The lowest BCUT2D eigenvalue weighted by atomic mass is 10.3. The van der Waals surface area contributed by atoms with Gasteiger partial charge in [0.25, 0.3) is 0 Å². The van der Waals surface area contributed by atoms with Gasteiger partial charge >= 0.3 is 0 Å². The van der Waals surface area contributed by atoms with Crippen LogP contribution < -0.4 is 5.32 Å². The monoisotopic (exact) mass is 423 g/mol. The predicted molar refractivity (Wildman–Crippen MR) is 110 cm³/mol. The van der Waals surface area contributed by atoms with Gasteiger partial charge < -0.3 is 5.32 Å². The second kappa shape index (κ2) is 7.51. The number of nitrogens with one attached hydrogen (secondary N) is 1. The largest absolute Gasteiger partial charge is 0.379 e. The van der Waals surface area contributed by atoms with Gasteiger partial charge in [0.2, 0.25) is 0 Å².